The number of hydrogen-bond acceptors (Lipinski definition) is 1. The van der Waals surface area contributed by atoms with Crippen molar-refractivity contribution in [2.75, 3.05) is 0 Å². The zero-order chi connectivity index (χ0) is 2.00. The molecule has 4 heteroatoms. The molecule has 0 aliphatic rings. The Balaban J connectivity index is -0.00000000500. The first-order valence-electron chi connectivity index (χ1n) is 0.236. The van der Waals surface area contributed by atoms with E-state index in [1.54, 1.807) is 0 Å². The maximum absolute atomic E-state index is 8.31. The molecule has 0 aromatic rings. The predicted molar refractivity (Wildman–Crippen MR) is 17.8 cm³/mol. The van der Waals surface area contributed by atoms with E-state index < -0.39 is 0 Å². The van der Waals surface area contributed by atoms with E-state index in [-0.39, 0.29) is 72.8 Å². The van der Waals surface area contributed by atoms with Gasteiger partial charge in [0.15, 0.2) is 0 Å². The molecule has 0 aliphatic heterocycles. The van der Waals surface area contributed by atoms with Crippen molar-refractivity contribution in [1.82, 2.24) is 0 Å². The van der Waals surface area contributed by atoms with Gasteiger partial charge in [-0.3, -0.25) is 0 Å². The molecule has 0 saturated carbocycles. The van der Waals surface area contributed by atoms with Gasteiger partial charge in [-0.15, -0.1) is 0 Å². The van der Waals surface area contributed by atoms with Gasteiger partial charge in [-0.25, -0.2) is 0 Å². The average Bonchev–Trinajstić information content (AvgIpc) is 1.00. The molecule has 0 bridgehead atoms. The van der Waals surface area contributed by atoms with Gasteiger partial charge in [0.1, 0.15) is 0 Å². The normalized spacial score (nSPS) is 1.50. The second-order valence-corrected chi connectivity index (χ2v) is 0. The molecule has 0 saturated heterocycles. The molecule has 0 fully saturated rings. The second kappa shape index (κ2) is 16.6. The zero-order valence-corrected chi connectivity index (χ0v) is 8.99. The van der Waals surface area contributed by atoms with Gasteiger partial charge in [0.2, 0.25) is 0 Å². The summed E-state index contributed by atoms with van der Waals surface area (Å²) in [6.07, 6.45) is 0. The molecule has 19 valence electrons. The van der Waals surface area contributed by atoms with Crippen LogP contribution in [0.2, 0.25) is 0 Å². The summed E-state index contributed by atoms with van der Waals surface area (Å²) in [5.74, 6) is 0. The van der Waals surface area contributed by atoms with Crippen LogP contribution in [0.15, 0.2) is 0 Å². The minimum atomic E-state index is 0. The van der Waals surface area contributed by atoms with E-state index in [9.17, 15) is 0 Å². The fourth-order valence-corrected chi connectivity index (χ4v) is 0. The molecule has 0 heterocycles. The third kappa shape index (κ3) is 8.91. The van der Waals surface area contributed by atoms with E-state index in [0.29, 0.717) is 24.4 Å². The monoisotopic (exact) mass is 361 g/mol. The molecule has 0 unspecified atom stereocenters. The number of rotatable bonds is 0. The molecule has 0 amide bonds. The SMILES string of the molecule is [O]=[Sc].[PbH2].[SrH2]. The van der Waals surface area contributed by atoms with Crippen LogP contribution in [0, 0.1) is 0 Å². The van der Waals surface area contributed by atoms with E-state index in [1.165, 1.54) is 0 Å². The molecule has 4 heavy (non-hydrogen) atoms. The van der Waals surface area contributed by atoms with Crippen LogP contribution >= 0.6 is 0 Å². The van der Waals surface area contributed by atoms with Crippen LogP contribution in [0.3, 0.4) is 0 Å². The summed E-state index contributed by atoms with van der Waals surface area (Å²) in [7, 11) is 0. The Morgan fingerprint density at radius 2 is 1.25 bits per heavy atom. The standard InChI is InChI=1S/O.Pb.Sc.Sr.4H. The predicted octanol–water partition coefficient (Wildman–Crippen LogP) is -1.95. The van der Waals surface area contributed by atoms with Crippen molar-refractivity contribution >= 4 is 72.8 Å². The topological polar surface area (TPSA) is 17.1 Å². The van der Waals surface area contributed by atoms with Crippen LogP contribution in [0.25, 0.3) is 0 Å². The third-order valence-corrected chi connectivity index (χ3v) is 0. The fraction of sp³-hybridized carbons (Fsp3) is 0. The Hall–Kier alpha value is 3.07. The van der Waals surface area contributed by atoms with Crippen molar-refractivity contribution in [3.63, 3.8) is 0 Å². The molecule has 0 spiro atoms. The average molecular weight is 360 g/mol. The van der Waals surface area contributed by atoms with Gasteiger partial charge >= 0.3 is 100 Å². The molecular formula is H4OPbScSr. The van der Waals surface area contributed by atoms with E-state index in [0.717, 1.165) is 0 Å². The van der Waals surface area contributed by atoms with E-state index in [2.05, 4.69) is 0 Å². The molecule has 0 aliphatic carbocycles. The molecule has 1 nitrogen and oxygen atoms in total. The summed E-state index contributed by atoms with van der Waals surface area (Å²) in [6, 6.07) is 0. The summed E-state index contributed by atoms with van der Waals surface area (Å²) in [6.45, 7) is 0. The van der Waals surface area contributed by atoms with Gasteiger partial charge in [-0.05, 0) is 0 Å². The first-order chi connectivity index (χ1) is 1.00. The van der Waals surface area contributed by atoms with Gasteiger partial charge < -0.3 is 0 Å². The van der Waals surface area contributed by atoms with Gasteiger partial charge in [0.05, 0.1) is 0 Å². The van der Waals surface area contributed by atoms with Crippen LogP contribution in [-0.2, 0) is 27.2 Å². The molecule has 2 radical (unpaired) electrons. The fourth-order valence-electron chi connectivity index (χ4n) is 0. The molecule has 0 atom stereocenters. The zero-order valence-electron chi connectivity index (χ0n) is 1.69. The second-order valence-electron chi connectivity index (χ2n) is 0. The van der Waals surface area contributed by atoms with Gasteiger partial charge in [0.25, 0.3) is 0 Å². The van der Waals surface area contributed by atoms with E-state index in [4.69, 9.17) is 2.85 Å². The summed E-state index contributed by atoms with van der Waals surface area (Å²) in [4.78, 5) is 0. The van der Waals surface area contributed by atoms with E-state index in [1.807, 2.05) is 0 Å². The van der Waals surface area contributed by atoms with Crippen molar-refractivity contribution in [2.24, 2.45) is 0 Å². The first kappa shape index (κ1) is 15.7. The van der Waals surface area contributed by atoms with Crippen LogP contribution in [-0.4, -0.2) is 72.8 Å². The van der Waals surface area contributed by atoms with Gasteiger partial charge in [-0.1, -0.05) is 0 Å². The van der Waals surface area contributed by atoms with Crippen molar-refractivity contribution in [1.29, 1.82) is 0 Å². The van der Waals surface area contributed by atoms with Gasteiger partial charge in [-0.2, -0.15) is 0 Å². The summed E-state index contributed by atoms with van der Waals surface area (Å²) < 4.78 is 8.31. The Kier molecular flexibility index (Phi) is 65.1. The Labute approximate surface area is 97.3 Å². The maximum atomic E-state index is 8.31. The number of hydrogen-bond donors (Lipinski definition) is 0. The Bertz CT molecular complexity index is 8.00. The van der Waals surface area contributed by atoms with Crippen LogP contribution < -0.4 is 0 Å². The molecule has 0 aromatic carbocycles. The van der Waals surface area contributed by atoms with Crippen LogP contribution in [0.4, 0.5) is 0 Å². The molecule has 0 rings (SSSR count). The van der Waals surface area contributed by atoms with Crippen molar-refractivity contribution in [2.45, 2.75) is 0 Å². The summed E-state index contributed by atoms with van der Waals surface area (Å²) in [5.41, 5.74) is 0. The van der Waals surface area contributed by atoms with Crippen LogP contribution in [0.5, 0.6) is 0 Å². The van der Waals surface area contributed by atoms with Crippen molar-refractivity contribution in [3.8, 4) is 0 Å². The van der Waals surface area contributed by atoms with Crippen molar-refractivity contribution in [3.05, 3.63) is 0 Å². The van der Waals surface area contributed by atoms with Crippen molar-refractivity contribution < 1.29 is 27.2 Å². The molecule has 0 N–H and O–H groups in total. The minimum absolute atomic E-state index is 0. The van der Waals surface area contributed by atoms with Gasteiger partial charge in [0, 0.05) is 0 Å². The van der Waals surface area contributed by atoms with Crippen LogP contribution in [0.1, 0.15) is 0 Å². The van der Waals surface area contributed by atoms with E-state index >= 15 is 0 Å². The molecular weight excluding hydrogens is 356 g/mol. The quantitative estimate of drug-likeness (QED) is 0.459. The third-order valence-electron chi connectivity index (χ3n) is 0. The molecule has 0 aromatic heterocycles. The summed E-state index contributed by atoms with van der Waals surface area (Å²) in [5, 5.41) is 0. The summed E-state index contributed by atoms with van der Waals surface area (Å²) >= 11 is 0.438. The Morgan fingerprint density at radius 1 is 1.25 bits per heavy atom. The Morgan fingerprint density at radius 3 is 1.25 bits per heavy atom. The first-order valence-corrected chi connectivity index (χ1v) is 0.972.